The van der Waals surface area contributed by atoms with Crippen molar-refractivity contribution in [2.45, 2.75) is 45.4 Å². The average Bonchev–Trinajstić information content (AvgIpc) is 3.24. The van der Waals surface area contributed by atoms with Gasteiger partial charge in [-0.3, -0.25) is 14.7 Å². The lowest BCUT2D eigenvalue weighted by molar-refractivity contribution is -0.127. The second kappa shape index (κ2) is 7.17. The van der Waals surface area contributed by atoms with Gasteiger partial charge in [0.05, 0.1) is 12.0 Å². The first kappa shape index (κ1) is 17.9. The van der Waals surface area contributed by atoms with E-state index in [1.54, 1.807) is 4.90 Å². The average molecular weight is 358 g/mol. The zero-order chi connectivity index (χ0) is 18.0. The summed E-state index contributed by atoms with van der Waals surface area (Å²) in [7, 11) is 0. The summed E-state index contributed by atoms with van der Waals surface area (Å²) in [6.45, 7) is 5.55. The Balaban J connectivity index is 1.95. The molecule has 1 aromatic rings. The molecule has 25 heavy (non-hydrogen) atoms. The fourth-order valence-electron chi connectivity index (χ4n) is 3.91. The smallest absolute Gasteiger partial charge is 0.233 e. The van der Waals surface area contributed by atoms with E-state index in [0.717, 1.165) is 31.2 Å². The van der Waals surface area contributed by atoms with Gasteiger partial charge >= 0.3 is 0 Å². The standard InChI is InChI=1S/C20H24ClN3O/c1-3-5-11-23-19-20(13-22)16(14-7-9-15(21)10-8-14)17(20)18(25)24(19)12-6-4-2/h7-10,16-17H,3-6,11-12H2,1-2H3/t16-,17+,20+/m1/s1. The van der Waals surface area contributed by atoms with Gasteiger partial charge in [0.25, 0.3) is 0 Å². The molecular weight excluding hydrogens is 334 g/mol. The number of aliphatic imine (C=N–C) groups is 1. The normalized spacial score (nSPS) is 29.0. The van der Waals surface area contributed by atoms with Gasteiger partial charge in [-0.2, -0.15) is 5.26 Å². The molecule has 0 spiro atoms. The summed E-state index contributed by atoms with van der Waals surface area (Å²) < 4.78 is 0. The van der Waals surface area contributed by atoms with Crippen LogP contribution >= 0.6 is 11.6 Å². The third kappa shape index (κ3) is 2.85. The molecule has 1 heterocycles. The fraction of sp³-hybridized carbons (Fsp3) is 0.550. The summed E-state index contributed by atoms with van der Waals surface area (Å²) in [5, 5.41) is 10.7. The van der Waals surface area contributed by atoms with Crippen LogP contribution in [0.1, 0.15) is 51.0 Å². The zero-order valence-electron chi connectivity index (χ0n) is 14.8. The van der Waals surface area contributed by atoms with Crippen LogP contribution in [-0.2, 0) is 4.79 Å². The molecule has 0 unspecified atom stereocenters. The van der Waals surface area contributed by atoms with Crippen molar-refractivity contribution in [3.05, 3.63) is 34.9 Å². The van der Waals surface area contributed by atoms with Gasteiger partial charge in [0.15, 0.2) is 0 Å². The maximum absolute atomic E-state index is 13.0. The monoisotopic (exact) mass is 357 g/mol. The van der Waals surface area contributed by atoms with Crippen LogP contribution < -0.4 is 0 Å². The lowest BCUT2D eigenvalue weighted by Gasteiger charge is -2.23. The van der Waals surface area contributed by atoms with Crippen LogP contribution in [0.2, 0.25) is 5.02 Å². The number of carbonyl (C=O) groups is 1. The molecule has 0 radical (unpaired) electrons. The number of halogens is 1. The second-order valence-electron chi connectivity index (χ2n) is 6.89. The van der Waals surface area contributed by atoms with Gasteiger partial charge in [0.2, 0.25) is 5.91 Å². The fourth-order valence-corrected chi connectivity index (χ4v) is 4.03. The van der Waals surface area contributed by atoms with Crippen molar-refractivity contribution in [3.8, 4) is 6.07 Å². The highest BCUT2D eigenvalue weighted by atomic mass is 35.5. The number of benzene rings is 1. The quantitative estimate of drug-likeness (QED) is 0.679. The molecule has 0 aromatic heterocycles. The van der Waals surface area contributed by atoms with E-state index in [4.69, 9.17) is 16.6 Å². The molecule has 4 nitrogen and oxygen atoms in total. The van der Waals surface area contributed by atoms with E-state index in [1.807, 2.05) is 24.3 Å². The van der Waals surface area contributed by atoms with E-state index in [9.17, 15) is 10.1 Å². The molecule has 0 N–H and O–H groups in total. The predicted molar refractivity (Wildman–Crippen MR) is 99.6 cm³/mol. The molecule has 3 atom stereocenters. The van der Waals surface area contributed by atoms with Gasteiger partial charge in [-0.1, -0.05) is 50.4 Å². The number of hydrogen-bond acceptors (Lipinski definition) is 3. The number of hydrogen-bond donors (Lipinski definition) is 0. The van der Waals surface area contributed by atoms with Crippen molar-refractivity contribution < 1.29 is 4.79 Å². The Bertz CT molecular complexity index is 721. The summed E-state index contributed by atoms with van der Waals surface area (Å²) in [4.78, 5) is 19.5. The SMILES string of the molecule is CCCCN=C1N(CCCC)C(=O)[C@@H]2[C@@H](c3ccc(Cl)cc3)[C@]12C#N. The Hall–Kier alpha value is -1.86. The number of rotatable bonds is 7. The van der Waals surface area contributed by atoms with E-state index in [0.29, 0.717) is 23.9 Å². The highest BCUT2D eigenvalue weighted by Gasteiger charge is 2.78. The highest BCUT2D eigenvalue weighted by Crippen LogP contribution is 2.69. The van der Waals surface area contributed by atoms with Crippen LogP contribution in [0.4, 0.5) is 0 Å². The van der Waals surface area contributed by atoms with Crippen LogP contribution in [0.3, 0.4) is 0 Å². The molecule has 132 valence electrons. The molecule has 0 bridgehead atoms. The second-order valence-corrected chi connectivity index (χ2v) is 7.33. The van der Waals surface area contributed by atoms with E-state index < -0.39 is 5.41 Å². The number of nitrogens with zero attached hydrogens (tertiary/aromatic N) is 3. The lowest BCUT2D eigenvalue weighted by Crippen LogP contribution is -2.37. The van der Waals surface area contributed by atoms with Crippen LogP contribution in [0.5, 0.6) is 0 Å². The molecular formula is C20H24ClN3O. The first-order valence-corrected chi connectivity index (χ1v) is 9.52. The molecule has 1 aliphatic heterocycles. The summed E-state index contributed by atoms with van der Waals surface area (Å²) in [5.74, 6) is 0.369. The van der Waals surface area contributed by atoms with Gasteiger partial charge in [-0.05, 0) is 30.5 Å². The van der Waals surface area contributed by atoms with Gasteiger partial charge in [-0.15, -0.1) is 0 Å². The summed E-state index contributed by atoms with van der Waals surface area (Å²) in [6, 6.07) is 9.97. The van der Waals surface area contributed by atoms with Crippen LogP contribution in [0.25, 0.3) is 0 Å². The van der Waals surface area contributed by atoms with Crippen molar-refractivity contribution in [1.82, 2.24) is 4.90 Å². The molecule has 5 heteroatoms. The predicted octanol–water partition coefficient (Wildman–Crippen LogP) is 4.40. The van der Waals surface area contributed by atoms with E-state index in [1.165, 1.54) is 0 Å². The van der Waals surface area contributed by atoms with Gasteiger partial charge in [0.1, 0.15) is 11.3 Å². The van der Waals surface area contributed by atoms with Crippen LogP contribution in [-0.4, -0.2) is 29.7 Å². The molecule has 1 amide bonds. The number of carbonyl (C=O) groups excluding carboxylic acids is 1. The van der Waals surface area contributed by atoms with Gasteiger partial charge < -0.3 is 0 Å². The number of piperidine rings is 1. The van der Waals surface area contributed by atoms with Gasteiger partial charge in [-0.25, -0.2) is 0 Å². The van der Waals surface area contributed by atoms with Gasteiger partial charge in [0, 0.05) is 24.0 Å². The molecule has 2 fully saturated rings. The van der Waals surface area contributed by atoms with Crippen LogP contribution in [0, 0.1) is 22.7 Å². The summed E-state index contributed by atoms with van der Waals surface area (Å²) >= 11 is 5.98. The van der Waals surface area contributed by atoms with Crippen molar-refractivity contribution >= 4 is 23.3 Å². The number of amides is 1. The maximum Gasteiger partial charge on any atom is 0.233 e. The third-order valence-electron chi connectivity index (χ3n) is 5.29. The van der Waals surface area contributed by atoms with Crippen molar-refractivity contribution in [1.29, 1.82) is 5.26 Å². The molecule has 1 saturated heterocycles. The van der Waals surface area contributed by atoms with Crippen molar-refractivity contribution in [2.24, 2.45) is 16.3 Å². The first-order chi connectivity index (χ1) is 12.1. The Morgan fingerprint density at radius 2 is 1.88 bits per heavy atom. The highest BCUT2D eigenvalue weighted by molar-refractivity contribution is 6.30. The Kier molecular flexibility index (Phi) is 5.15. The number of nitriles is 1. The molecule has 1 aliphatic carbocycles. The number of amidine groups is 1. The molecule has 1 saturated carbocycles. The topological polar surface area (TPSA) is 56.5 Å². The number of fused-ring (bicyclic) bond motifs is 1. The molecule has 1 aromatic carbocycles. The van der Waals surface area contributed by atoms with Crippen molar-refractivity contribution in [2.75, 3.05) is 13.1 Å². The van der Waals surface area contributed by atoms with Crippen LogP contribution in [0.15, 0.2) is 29.3 Å². The lowest BCUT2D eigenvalue weighted by atomic mass is 9.98. The third-order valence-corrected chi connectivity index (χ3v) is 5.54. The summed E-state index contributed by atoms with van der Waals surface area (Å²) in [6.07, 6.45) is 3.95. The number of unbranched alkanes of at least 4 members (excludes halogenated alkanes) is 2. The minimum Gasteiger partial charge on any atom is -0.299 e. The maximum atomic E-state index is 13.0. The Labute approximate surface area is 154 Å². The number of likely N-dealkylation sites (tertiary alicyclic amines) is 1. The Morgan fingerprint density at radius 3 is 2.48 bits per heavy atom. The Morgan fingerprint density at radius 1 is 1.20 bits per heavy atom. The van der Waals surface area contributed by atoms with E-state index >= 15 is 0 Å². The summed E-state index contributed by atoms with van der Waals surface area (Å²) in [5.41, 5.74) is 0.217. The first-order valence-electron chi connectivity index (χ1n) is 9.14. The minimum absolute atomic E-state index is 0.0604. The van der Waals surface area contributed by atoms with E-state index in [2.05, 4.69) is 19.9 Å². The molecule has 2 aliphatic rings. The largest absolute Gasteiger partial charge is 0.299 e. The molecule has 3 rings (SSSR count). The van der Waals surface area contributed by atoms with E-state index in [-0.39, 0.29) is 17.7 Å². The minimum atomic E-state index is -0.785. The zero-order valence-corrected chi connectivity index (χ0v) is 15.6. The van der Waals surface area contributed by atoms with Crippen molar-refractivity contribution in [3.63, 3.8) is 0 Å².